The van der Waals surface area contributed by atoms with Gasteiger partial charge in [-0.05, 0) is 43.9 Å². The minimum absolute atomic E-state index is 0.262. The van der Waals surface area contributed by atoms with Gasteiger partial charge in [0, 0.05) is 24.8 Å². The van der Waals surface area contributed by atoms with E-state index in [9.17, 15) is 13.6 Å². The van der Waals surface area contributed by atoms with Crippen molar-refractivity contribution in [1.82, 2.24) is 4.90 Å². The van der Waals surface area contributed by atoms with Crippen LogP contribution >= 0.6 is 0 Å². The molecule has 0 spiro atoms. The summed E-state index contributed by atoms with van der Waals surface area (Å²) >= 11 is 0. The highest BCUT2D eigenvalue weighted by Crippen LogP contribution is 2.21. The van der Waals surface area contributed by atoms with Gasteiger partial charge in [0.2, 0.25) is 0 Å². The summed E-state index contributed by atoms with van der Waals surface area (Å²) in [5, 5.41) is 2.58. The number of hydrogen-bond acceptors (Lipinski definition) is 2. The van der Waals surface area contributed by atoms with Crippen molar-refractivity contribution in [3.05, 3.63) is 29.8 Å². The number of likely N-dealkylation sites (tertiary alicyclic amines) is 1. The van der Waals surface area contributed by atoms with Gasteiger partial charge in [-0.25, -0.2) is 13.6 Å². The maximum Gasteiger partial charge on any atom is 0.321 e. The first kappa shape index (κ1) is 14.7. The van der Waals surface area contributed by atoms with Crippen LogP contribution in [0.25, 0.3) is 0 Å². The summed E-state index contributed by atoms with van der Waals surface area (Å²) in [7, 11) is 0. The smallest absolute Gasteiger partial charge is 0.321 e. The highest BCUT2D eigenvalue weighted by atomic mass is 19.2. The molecule has 1 aliphatic heterocycles. The zero-order chi connectivity index (χ0) is 14.5. The standard InChI is InChI=1S/C14H19F2N3O/c15-12-2-1-11(9-13(12)16)18-14(20)19-7-4-10(3-6-17)5-8-19/h1-2,9-10H,3-8,17H2,(H,18,20). The minimum Gasteiger partial charge on any atom is -0.330 e. The molecule has 2 amide bonds. The number of anilines is 1. The number of nitrogens with two attached hydrogens (primary N) is 1. The Bertz CT molecular complexity index is 473. The molecule has 2 rings (SSSR count). The molecular weight excluding hydrogens is 264 g/mol. The largest absolute Gasteiger partial charge is 0.330 e. The molecule has 0 bridgehead atoms. The first-order valence-electron chi connectivity index (χ1n) is 6.81. The minimum atomic E-state index is -0.968. The van der Waals surface area contributed by atoms with E-state index in [1.165, 1.54) is 6.07 Å². The van der Waals surface area contributed by atoms with Crippen LogP contribution in [0.15, 0.2) is 18.2 Å². The van der Waals surface area contributed by atoms with Crippen LogP contribution in [-0.4, -0.2) is 30.6 Å². The zero-order valence-electron chi connectivity index (χ0n) is 11.2. The van der Waals surface area contributed by atoms with Crippen molar-refractivity contribution in [2.45, 2.75) is 19.3 Å². The Morgan fingerprint density at radius 1 is 1.30 bits per heavy atom. The van der Waals surface area contributed by atoms with Gasteiger partial charge >= 0.3 is 6.03 Å². The molecule has 0 saturated carbocycles. The molecule has 1 saturated heterocycles. The molecule has 4 nitrogen and oxygen atoms in total. The fourth-order valence-electron chi connectivity index (χ4n) is 2.44. The molecule has 6 heteroatoms. The second-order valence-corrected chi connectivity index (χ2v) is 5.07. The number of carbonyl (C=O) groups is 1. The number of carbonyl (C=O) groups excluding carboxylic acids is 1. The van der Waals surface area contributed by atoms with E-state index in [1.54, 1.807) is 4.90 Å². The SMILES string of the molecule is NCCC1CCN(C(=O)Nc2ccc(F)c(F)c2)CC1. The van der Waals surface area contributed by atoms with Crippen molar-refractivity contribution in [2.24, 2.45) is 11.7 Å². The number of nitrogens with one attached hydrogen (secondary N) is 1. The second-order valence-electron chi connectivity index (χ2n) is 5.07. The Morgan fingerprint density at radius 3 is 2.60 bits per heavy atom. The number of nitrogens with zero attached hydrogens (tertiary/aromatic N) is 1. The van der Waals surface area contributed by atoms with Crippen LogP contribution in [0.2, 0.25) is 0 Å². The monoisotopic (exact) mass is 283 g/mol. The molecule has 0 aliphatic carbocycles. The van der Waals surface area contributed by atoms with Crippen molar-refractivity contribution in [3.8, 4) is 0 Å². The number of hydrogen-bond donors (Lipinski definition) is 2. The summed E-state index contributed by atoms with van der Waals surface area (Å²) < 4.78 is 25.9. The van der Waals surface area contributed by atoms with E-state index in [4.69, 9.17) is 5.73 Å². The zero-order valence-corrected chi connectivity index (χ0v) is 11.2. The average Bonchev–Trinajstić information content (AvgIpc) is 2.44. The summed E-state index contributed by atoms with van der Waals surface area (Å²) in [4.78, 5) is 13.7. The van der Waals surface area contributed by atoms with Crippen molar-refractivity contribution in [3.63, 3.8) is 0 Å². The Balaban J connectivity index is 1.88. The molecule has 110 valence electrons. The molecule has 0 atom stereocenters. The maximum atomic E-state index is 13.1. The second kappa shape index (κ2) is 6.65. The third-order valence-electron chi connectivity index (χ3n) is 3.65. The van der Waals surface area contributed by atoms with Gasteiger partial charge in [-0.2, -0.15) is 0 Å². The van der Waals surface area contributed by atoms with Crippen molar-refractivity contribution >= 4 is 11.7 Å². The number of urea groups is 1. The lowest BCUT2D eigenvalue weighted by Gasteiger charge is -2.31. The third kappa shape index (κ3) is 3.66. The molecule has 1 aliphatic rings. The van der Waals surface area contributed by atoms with Gasteiger partial charge in [0.15, 0.2) is 11.6 Å². The van der Waals surface area contributed by atoms with Crippen LogP contribution < -0.4 is 11.1 Å². The molecule has 3 N–H and O–H groups in total. The van der Waals surface area contributed by atoms with Crippen LogP contribution in [0.5, 0.6) is 0 Å². The van der Waals surface area contributed by atoms with E-state index < -0.39 is 11.6 Å². The number of piperidine rings is 1. The van der Waals surface area contributed by atoms with Gasteiger partial charge in [-0.1, -0.05) is 0 Å². The van der Waals surface area contributed by atoms with E-state index in [2.05, 4.69) is 5.32 Å². The van der Waals surface area contributed by atoms with E-state index in [1.807, 2.05) is 0 Å². The summed E-state index contributed by atoms with van der Waals surface area (Å²) in [6.07, 6.45) is 2.85. The van der Waals surface area contributed by atoms with Crippen LogP contribution in [0, 0.1) is 17.6 Å². The van der Waals surface area contributed by atoms with Gasteiger partial charge in [-0.3, -0.25) is 0 Å². The lowest BCUT2D eigenvalue weighted by molar-refractivity contribution is 0.180. The Kier molecular flexibility index (Phi) is 4.89. The van der Waals surface area contributed by atoms with Gasteiger partial charge in [-0.15, -0.1) is 0 Å². The lowest BCUT2D eigenvalue weighted by atomic mass is 9.94. The molecule has 0 aromatic heterocycles. The number of benzene rings is 1. The third-order valence-corrected chi connectivity index (χ3v) is 3.65. The molecule has 1 heterocycles. The Labute approximate surface area is 116 Å². The summed E-state index contributed by atoms with van der Waals surface area (Å²) in [6.45, 7) is 2.01. The molecule has 1 fully saturated rings. The van der Waals surface area contributed by atoms with Crippen LogP contribution in [0.1, 0.15) is 19.3 Å². The van der Waals surface area contributed by atoms with E-state index in [0.29, 0.717) is 25.6 Å². The maximum absolute atomic E-state index is 13.1. The molecule has 20 heavy (non-hydrogen) atoms. The average molecular weight is 283 g/mol. The van der Waals surface area contributed by atoms with Crippen LogP contribution in [0.3, 0.4) is 0 Å². The van der Waals surface area contributed by atoms with Crippen molar-refractivity contribution in [1.29, 1.82) is 0 Å². The summed E-state index contributed by atoms with van der Waals surface area (Å²) in [5.74, 6) is -1.32. The van der Waals surface area contributed by atoms with Crippen molar-refractivity contribution in [2.75, 3.05) is 25.0 Å². The normalized spacial score (nSPS) is 16.2. The van der Waals surface area contributed by atoms with Gasteiger partial charge in [0.25, 0.3) is 0 Å². The van der Waals surface area contributed by atoms with E-state index in [0.717, 1.165) is 31.4 Å². The van der Waals surface area contributed by atoms with Crippen molar-refractivity contribution < 1.29 is 13.6 Å². The predicted molar refractivity (Wildman–Crippen MR) is 73.3 cm³/mol. The van der Waals surface area contributed by atoms with Crippen LogP contribution in [-0.2, 0) is 0 Å². The molecule has 1 aromatic carbocycles. The highest BCUT2D eigenvalue weighted by molar-refractivity contribution is 5.89. The van der Waals surface area contributed by atoms with Gasteiger partial charge in [0.1, 0.15) is 0 Å². The van der Waals surface area contributed by atoms with Gasteiger partial charge < -0.3 is 16.0 Å². The lowest BCUT2D eigenvalue weighted by Crippen LogP contribution is -2.41. The molecule has 0 radical (unpaired) electrons. The molecule has 0 unspecified atom stereocenters. The first-order chi connectivity index (χ1) is 9.60. The molecule has 1 aromatic rings. The van der Waals surface area contributed by atoms with E-state index >= 15 is 0 Å². The van der Waals surface area contributed by atoms with Gasteiger partial charge in [0.05, 0.1) is 0 Å². The number of halogens is 2. The molecular formula is C14H19F2N3O. The topological polar surface area (TPSA) is 58.4 Å². The predicted octanol–water partition coefficient (Wildman–Crippen LogP) is 2.56. The fraction of sp³-hybridized carbons (Fsp3) is 0.500. The first-order valence-corrected chi connectivity index (χ1v) is 6.81. The highest BCUT2D eigenvalue weighted by Gasteiger charge is 2.22. The van der Waals surface area contributed by atoms with Crippen LogP contribution in [0.4, 0.5) is 19.3 Å². The summed E-state index contributed by atoms with van der Waals surface area (Å²) in [6, 6.07) is 3.05. The fourth-order valence-corrected chi connectivity index (χ4v) is 2.44. The number of amides is 2. The Hall–Kier alpha value is -1.69. The quantitative estimate of drug-likeness (QED) is 0.895. The van der Waals surface area contributed by atoms with E-state index in [-0.39, 0.29) is 11.7 Å². The Morgan fingerprint density at radius 2 is 2.00 bits per heavy atom. The summed E-state index contributed by atoms with van der Waals surface area (Å²) in [5.41, 5.74) is 5.79. The number of rotatable bonds is 3.